The maximum absolute atomic E-state index is 12.3. The first-order valence-electron chi connectivity index (χ1n) is 7.92. The van der Waals surface area contributed by atoms with Gasteiger partial charge < -0.3 is 5.84 Å². The van der Waals surface area contributed by atoms with Gasteiger partial charge in [-0.1, -0.05) is 35.0 Å². The first-order valence-corrected chi connectivity index (χ1v) is 9.66. The van der Waals surface area contributed by atoms with E-state index in [1.165, 1.54) is 16.4 Å². The number of H-pyrrole nitrogens is 1. The minimum absolute atomic E-state index is 0.0984. The van der Waals surface area contributed by atoms with Crippen molar-refractivity contribution in [3.63, 3.8) is 0 Å². The van der Waals surface area contributed by atoms with Crippen LogP contribution in [0.15, 0.2) is 23.4 Å². The quantitative estimate of drug-likeness (QED) is 0.381. The van der Waals surface area contributed by atoms with Gasteiger partial charge in [0.15, 0.2) is 5.78 Å². The highest BCUT2D eigenvalue weighted by Crippen LogP contribution is 2.30. The van der Waals surface area contributed by atoms with Crippen molar-refractivity contribution in [3.8, 4) is 11.5 Å². The molecule has 3 N–H and O–H groups in total. The molecule has 0 atom stereocenters. The number of rotatable bonds is 5. The van der Waals surface area contributed by atoms with Crippen LogP contribution < -0.4 is 5.84 Å². The van der Waals surface area contributed by atoms with Gasteiger partial charge in [0.1, 0.15) is 5.69 Å². The lowest BCUT2D eigenvalue weighted by atomic mass is 10.1. The Morgan fingerprint density at radius 3 is 2.92 bits per heavy atom. The van der Waals surface area contributed by atoms with Crippen LogP contribution in [0.25, 0.3) is 11.5 Å². The van der Waals surface area contributed by atoms with Gasteiger partial charge in [-0.3, -0.25) is 9.89 Å². The summed E-state index contributed by atoms with van der Waals surface area (Å²) in [5.74, 6) is 6.68. The van der Waals surface area contributed by atoms with Gasteiger partial charge in [-0.25, -0.2) is 4.68 Å². The molecule has 1 aromatic carbocycles. The van der Waals surface area contributed by atoms with Crippen molar-refractivity contribution in [2.24, 2.45) is 0 Å². The Morgan fingerprint density at radius 2 is 2.12 bits per heavy atom. The van der Waals surface area contributed by atoms with Crippen LogP contribution in [0.5, 0.6) is 0 Å². The number of nitrogens with zero attached hydrogens (tertiary/aromatic N) is 4. The van der Waals surface area contributed by atoms with Crippen LogP contribution in [0.2, 0.25) is 10.0 Å². The number of nitrogen functional groups attached to an aromatic ring is 1. The average molecular weight is 409 g/mol. The number of thioether (sulfide) groups is 1. The number of aryl methyl sites for hydroxylation is 1. The SMILES string of the molecule is Nn1c(SCC(=O)c2ccc(Cl)c(Cl)c2)nnc1-c1n[nH]c2c1CCC2. The second kappa shape index (κ2) is 6.94. The van der Waals surface area contributed by atoms with Crippen molar-refractivity contribution in [2.45, 2.75) is 24.4 Å². The largest absolute Gasteiger partial charge is 0.335 e. The highest BCUT2D eigenvalue weighted by atomic mass is 35.5. The predicted molar refractivity (Wildman–Crippen MR) is 101 cm³/mol. The van der Waals surface area contributed by atoms with E-state index in [0.29, 0.717) is 26.6 Å². The number of nitrogens with two attached hydrogens (primary N) is 1. The average Bonchev–Trinajstić information content (AvgIpc) is 3.31. The van der Waals surface area contributed by atoms with E-state index < -0.39 is 0 Å². The van der Waals surface area contributed by atoms with Crippen LogP contribution in [-0.4, -0.2) is 36.6 Å². The molecule has 1 aliphatic rings. The van der Waals surface area contributed by atoms with Gasteiger partial charge in [-0.15, -0.1) is 10.2 Å². The van der Waals surface area contributed by atoms with Crippen molar-refractivity contribution in [2.75, 3.05) is 11.6 Å². The van der Waals surface area contributed by atoms with E-state index in [4.69, 9.17) is 29.0 Å². The van der Waals surface area contributed by atoms with Crippen molar-refractivity contribution >= 4 is 40.7 Å². The number of Topliss-reactive ketones (excluding diaryl/α,β-unsaturated/α-hetero) is 1. The van der Waals surface area contributed by atoms with Crippen LogP contribution >= 0.6 is 35.0 Å². The van der Waals surface area contributed by atoms with E-state index in [0.717, 1.165) is 36.2 Å². The lowest BCUT2D eigenvalue weighted by Gasteiger charge is -2.04. The lowest BCUT2D eigenvalue weighted by molar-refractivity contribution is 0.102. The molecule has 10 heteroatoms. The summed E-state index contributed by atoms with van der Waals surface area (Å²) >= 11 is 13.0. The van der Waals surface area contributed by atoms with E-state index in [9.17, 15) is 4.79 Å². The molecule has 134 valence electrons. The zero-order chi connectivity index (χ0) is 18.3. The summed E-state index contributed by atoms with van der Waals surface area (Å²) in [7, 11) is 0. The first kappa shape index (κ1) is 17.4. The fourth-order valence-electron chi connectivity index (χ4n) is 2.92. The number of hydrogen-bond donors (Lipinski definition) is 2. The topological polar surface area (TPSA) is 102 Å². The molecule has 0 bridgehead atoms. The zero-order valence-electron chi connectivity index (χ0n) is 13.5. The van der Waals surface area contributed by atoms with E-state index in [-0.39, 0.29) is 11.5 Å². The Kier molecular flexibility index (Phi) is 4.64. The molecule has 2 heterocycles. The Bertz CT molecular complexity index is 999. The minimum atomic E-state index is -0.0984. The fraction of sp³-hybridized carbons (Fsp3) is 0.250. The molecule has 0 saturated heterocycles. The highest BCUT2D eigenvalue weighted by molar-refractivity contribution is 7.99. The number of halogens is 2. The first-order chi connectivity index (χ1) is 12.5. The third-order valence-corrected chi connectivity index (χ3v) is 5.94. The van der Waals surface area contributed by atoms with Gasteiger partial charge in [-0.2, -0.15) is 5.10 Å². The van der Waals surface area contributed by atoms with Gasteiger partial charge in [0.2, 0.25) is 11.0 Å². The summed E-state index contributed by atoms with van der Waals surface area (Å²) in [4.78, 5) is 12.3. The Labute approximate surface area is 163 Å². The number of ketones is 1. The smallest absolute Gasteiger partial charge is 0.210 e. The summed E-state index contributed by atoms with van der Waals surface area (Å²) in [6.45, 7) is 0. The summed E-state index contributed by atoms with van der Waals surface area (Å²) < 4.78 is 1.38. The molecule has 7 nitrogen and oxygen atoms in total. The fourth-order valence-corrected chi connectivity index (χ4v) is 3.97. The van der Waals surface area contributed by atoms with E-state index in [1.807, 2.05) is 0 Å². The molecular weight excluding hydrogens is 395 g/mol. The van der Waals surface area contributed by atoms with Crippen LogP contribution in [0.4, 0.5) is 0 Å². The molecule has 4 rings (SSSR count). The number of benzene rings is 1. The molecule has 1 aliphatic carbocycles. The number of aromatic nitrogens is 5. The molecular formula is C16H14Cl2N6OS. The van der Waals surface area contributed by atoms with E-state index >= 15 is 0 Å². The zero-order valence-corrected chi connectivity index (χ0v) is 15.8. The van der Waals surface area contributed by atoms with Gasteiger partial charge in [0, 0.05) is 16.8 Å². The molecule has 0 aliphatic heterocycles. The summed E-state index contributed by atoms with van der Waals surface area (Å²) in [5.41, 5.74) is 3.50. The number of carbonyl (C=O) groups is 1. The molecule has 3 aromatic rings. The van der Waals surface area contributed by atoms with Crippen LogP contribution in [0.1, 0.15) is 28.0 Å². The number of hydrogen-bond acceptors (Lipinski definition) is 6. The standard InChI is InChI=1S/C16H14Cl2N6OS/c17-10-5-4-8(6-11(10)18)13(25)7-26-16-23-22-15(24(16)19)14-9-2-1-3-12(9)20-21-14/h4-6H,1-3,7,19H2,(H,20,21). The van der Waals surface area contributed by atoms with Crippen LogP contribution in [-0.2, 0) is 12.8 Å². The number of fused-ring (bicyclic) bond motifs is 1. The van der Waals surface area contributed by atoms with Crippen molar-refractivity contribution in [1.82, 2.24) is 25.1 Å². The van der Waals surface area contributed by atoms with Gasteiger partial charge in [-0.05, 0) is 37.5 Å². The summed E-state index contributed by atoms with van der Waals surface area (Å²) in [6.07, 6.45) is 3.03. The van der Waals surface area contributed by atoms with Crippen molar-refractivity contribution in [3.05, 3.63) is 45.1 Å². The summed E-state index contributed by atoms with van der Waals surface area (Å²) in [6, 6.07) is 4.80. The third-order valence-electron chi connectivity index (χ3n) is 4.26. The minimum Gasteiger partial charge on any atom is -0.335 e. The molecule has 2 aromatic heterocycles. The number of carbonyl (C=O) groups excluding carboxylic acids is 1. The van der Waals surface area contributed by atoms with Crippen LogP contribution in [0, 0.1) is 0 Å². The molecule has 0 unspecified atom stereocenters. The molecule has 0 saturated carbocycles. The second-order valence-corrected chi connectivity index (χ2v) is 7.66. The van der Waals surface area contributed by atoms with E-state index in [2.05, 4.69) is 20.4 Å². The normalized spacial score (nSPS) is 13.2. The number of aromatic amines is 1. The Morgan fingerprint density at radius 1 is 1.27 bits per heavy atom. The molecule has 26 heavy (non-hydrogen) atoms. The maximum atomic E-state index is 12.3. The second-order valence-electron chi connectivity index (χ2n) is 5.90. The third kappa shape index (κ3) is 3.08. The number of nitrogens with one attached hydrogen (secondary N) is 1. The molecule has 0 spiro atoms. The predicted octanol–water partition coefficient (Wildman–Crippen LogP) is 3.15. The van der Waals surface area contributed by atoms with E-state index in [1.54, 1.807) is 18.2 Å². The Balaban J connectivity index is 1.50. The van der Waals surface area contributed by atoms with Gasteiger partial charge in [0.25, 0.3) is 0 Å². The van der Waals surface area contributed by atoms with Gasteiger partial charge >= 0.3 is 0 Å². The summed E-state index contributed by atoms with van der Waals surface area (Å²) in [5, 5.41) is 16.8. The van der Waals surface area contributed by atoms with Crippen LogP contribution in [0.3, 0.4) is 0 Å². The van der Waals surface area contributed by atoms with Crippen molar-refractivity contribution in [1.29, 1.82) is 0 Å². The lowest BCUT2D eigenvalue weighted by Crippen LogP contribution is -2.13. The van der Waals surface area contributed by atoms with Gasteiger partial charge in [0.05, 0.1) is 15.8 Å². The molecule has 0 amide bonds. The van der Waals surface area contributed by atoms with Crippen molar-refractivity contribution < 1.29 is 4.79 Å². The maximum Gasteiger partial charge on any atom is 0.210 e. The Hall–Kier alpha value is -2.03. The molecule has 0 radical (unpaired) electrons. The molecule has 0 fully saturated rings. The highest BCUT2D eigenvalue weighted by Gasteiger charge is 2.24. The monoisotopic (exact) mass is 408 g/mol.